The molecule has 1 rings (SSSR count). The Kier molecular flexibility index (Phi) is 4.11. The normalized spacial score (nSPS) is 23.5. The molecule has 14 heavy (non-hydrogen) atoms. The fraction of sp³-hybridized carbons (Fsp3) is 0.917. The topological polar surface area (TPSA) is 26.3 Å². The Balaban J connectivity index is 2.27. The molecule has 0 saturated carbocycles. The molecule has 0 radical (unpaired) electrons. The van der Waals surface area contributed by atoms with Crippen molar-refractivity contribution < 1.29 is 9.53 Å². The van der Waals surface area contributed by atoms with Crippen molar-refractivity contribution in [2.45, 2.75) is 46.5 Å². The number of ketones is 1. The summed E-state index contributed by atoms with van der Waals surface area (Å²) >= 11 is 0. The van der Waals surface area contributed by atoms with Crippen LogP contribution < -0.4 is 0 Å². The van der Waals surface area contributed by atoms with E-state index in [2.05, 4.69) is 20.8 Å². The molecule has 2 nitrogen and oxygen atoms in total. The summed E-state index contributed by atoms with van der Waals surface area (Å²) in [5, 5.41) is 0. The Hall–Kier alpha value is -0.370. The van der Waals surface area contributed by atoms with E-state index in [9.17, 15) is 4.79 Å². The van der Waals surface area contributed by atoms with Crippen molar-refractivity contribution in [2.75, 3.05) is 13.2 Å². The lowest BCUT2D eigenvalue weighted by Crippen LogP contribution is -2.26. The number of Topliss-reactive ketones (excluding diaryl/α,β-unsaturated/α-hetero) is 1. The Bertz CT molecular complexity index is 185. The number of ether oxygens (including phenoxy) is 1. The van der Waals surface area contributed by atoms with Crippen molar-refractivity contribution >= 4 is 5.78 Å². The first-order valence-electron chi connectivity index (χ1n) is 5.59. The van der Waals surface area contributed by atoms with E-state index in [4.69, 9.17) is 4.74 Å². The Morgan fingerprint density at radius 1 is 1.43 bits per heavy atom. The number of carbonyl (C=O) groups is 1. The fourth-order valence-corrected chi connectivity index (χ4v) is 1.70. The molecule has 0 aromatic heterocycles. The van der Waals surface area contributed by atoms with Crippen LogP contribution in [0.15, 0.2) is 0 Å². The first-order valence-corrected chi connectivity index (χ1v) is 5.59. The SMILES string of the molecule is CC(C)(C)CCC(=O)C1CCCOC1. The van der Waals surface area contributed by atoms with Crippen molar-refractivity contribution in [1.82, 2.24) is 0 Å². The molecule has 0 aromatic rings. The lowest BCUT2D eigenvalue weighted by Gasteiger charge is -2.23. The zero-order valence-corrected chi connectivity index (χ0v) is 9.64. The van der Waals surface area contributed by atoms with Crippen molar-refractivity contribution in [3.63, 3.8) is 0 Å². The van der Waals surface area contributed by atoms with Crippen LogP contribution in [0.5, 0.6) is 0 Å². The van der Waals surface area contributed by atoms with Gasteiger partial charge in [0.1, 0.15) is 5.78 Å². The zero-order chi connectivity index (χ0) is 10.6. The number of hydrogen-bond acceptors (Lipinski definition) is 2. The molecule has 2 heteroatoms. The molecule has 0 spiro atoms. The summed E-state index contributed by atoms with van der Waals surface area (Å²) in [6.07, 6.45) is 3.79. The average Bonchev–Trinajstić information content (AvgIpc) is 2.14. The van der Waals surface area contributed by atoms with Crippen molar-refractivity contribution in [1.29, 1.82) is 0 Å². The summed E-state index contributed by atoms with van der Waals surface area (Å²) in [6.45, 7) is 8.03. The zero-order valence-electron chi connectivity index (χ0n) is 9.64. The first kappa shape index (κ1) is 11.7. The number of hydrogen-bond donors (Lipinski definition) is 0. The van der Waals surface area contributed by atoms with Crippen LogP contribution in [0, 0.1) is 11.3 Å². The van der Waals surface area contributed by atoms with E-state index in [1.165, 1.54) is 0 Å². The van der Waals surface area contributed by atoms with Crippen LogP contribution in [0.2, 0.25) is 0 Å². The molecule has 1 fully saturated rings. The summed E-state index contributed by atoms with van der Waals surface area (Å²) in [6, 6.07) is 0. The maximum Gasteiger partial charge on any atom is 0.138 e. The molecule has 0 bridgehead atoms. The van der Waals surface area contributed by atoms with E-state index in [1.807, 2.05) is 0 Å². The van der Waals surface area contributed by atoms with Crippen LogP contribution >= 0.6 is 0 Å². The molecule has 1 atom stereocenters. The van der Waals surface area contributed by atoms with Gasteiger partial charge < -0.3 is 4.74 Å². The van der Waals surface area contributed by atoms with Gasteiger partial charge in [0.2, 0.25) is 0 Å². The third-order valence-corrected chi connectivity index (χ3v) is 2.74. The summed E-state index contributed by atoms with van der Waals surface area (Å²) in [5.41, 5.74) is 0.269. The van der Waals surface area contributed by atoms with E-state index in [0.29, 0.717) is 12.4 Å². The van der Waals surface area contributed by atoms with E-state index >= 15 is 0 Å². The molecule has 0 aliphatic carbocycles. The van der Waals surface area contributed by atoms with Gasteiger partial charge in [-0.15, -0.1) is 0 Å². The van der Waals surface area contributed by atoms with Crippen molar-refractivity contribution in [3.8, 4) is 0 Å². The highest BCUT2D eigenvalue weighted by Gasteiger charge is 2.22. The maximum absolute atomic E-state index is 11.8. The molecule has 1 saturated heterocycles. The van der Waals surface area contributed by atoms with E-state index in [1.54, 1.807) is 0 Å². The molecule has 0 aromatic carbocycles. The molecule has 0 N–H and O–H groups in total. The molecule has 1 aliphatic rings. The van der Waals surface area contributed by atoms with Crippen LogP contribution in [0.1, 0.15) is 46.5 Å². The standard InChI is InChI=1S/C12H22O2/c1-12(2,3)7-6-11(13)10-5-4-8-14-9-10/h10H,4-9H2,1-3H3. The van der Waals surface area contributed by atoms with Crippen LogP contribution in [0.3, 0.4) is 0 Å². The van der Waals surface area contributed by atoms with Gasteiger partial charge in [0, 0.05) is 18.9 Å². The highest BCUT2D eigenvalue weighted by Crippen LogP contribution is 2.24. The van der Waals surface area contributed by atoms with Gasteiger partial charge >= 0.3 is 0 Å². The quantitative estimate of drug-likeness (QED) is 0.697. The molecule has 82 valence electrons. The lowest BCUT2D eigenvalue weighted by atomic mass is 9.86. The predicted octanol–water partition coefficient (Wildman–Crippen LogP) is 2.81. The summed E-state index contributed by atoms with van der Waals surface area (Å²) in [7, 11) is 0. The van der Waals surface area contributed by atoms with E-state index in [0.717, 1.165) is 32.3 Å². The second-order valence-corrected chi connectivity index (χ2v) is 5.44. The van der Waals surface area contributed by atoms with Crippen LogP contribution in [0.25, 0.3) is 0 Å². The molecule has 0 amide bonds. The largest absolute Gasteiger partial charge is 0.381 e. The maximum atomic E-state index is 11.8. The second-order valence-electron chi connectivity index (χ2n) is 5.44. The van der Waals surface area contributed by atoms with Gasteiger partial charge in [-0.05, 0) is 24.7 Å². The Morgan fingerprint density at radius 2 is 2.14 bits per heavy atom. The van der Waals surface area contributed by atoms with E-state index in [-0.39, 0.29) is 11.3 Å². The summed E-state index contributed by atoms with van der Waals surface area (Å²) in [4.78, 5) is 11.8. The van der Waals surface area contributed by atoms with Gasteiger partial charge in [-0.2, -0.15) is 0 Å². The van der Waals surface area contributed by atoms with Crippen LogP contribution in [0.4, 0.5) is 0 Å². The van der Waals surface area contributed by atoms with E-state index < -0.39 is 0 Å². The summed E-state index contributed by atoms with van der Waals surface area (Å²) in [5.74, 6) is 0.589. The number of rotatable bonds is 3. The third kappa shape index (κ3) is 4.23. The minimum atomic E-state index is 0.186. The van der Waals surface area contributed by atoms with Crippen LogP contribution in [-0.4, -0.2) is 19.0 Å². The number of carbonyl (C=O) groups excluding carboxylic acids is 1. The minimum Gasteiger partial charge on any atom is -0.381 e. The Labute approximate surface area is 87.0 Å². The van der Waals surface area contributed by atoms with Gasteiger partial charge in [-0.25, -0.2) is 0 Å². The molecule has 1 aliphatic heterocycles. The molecule has 1 heterocycles. The van der Waals surface area contributed by atoms with Gasteiger partial charge in [0.15, 0.2) is 0 Å². The second kappa shape index (κ2) is 4.92. The fourth-order valence-electron chi connectivity index (χ4n) is 1.70. The first-order chi connectivity index (χ1) is 6.49. The van der Waals surface area contributed by atoms with Gasteiger partial charge in [-0.3, -0.25) is 4.79 Å². The average molecular weight is 198 g/mol. The van der Waals surface area contributed by atoms with Crippen molar-refractivity contribution in [3.05, 3.63) is 0 Å². The smallest absolute Gasteiger partial charge is 0.138 e. The van der Waals surface area contributed by atoms with Gasteiger partial charge in [-0.1, -0.05) is 20.8 Å². The molecule has 1 unspecified atom stereocenters. The highest BCUT2D eigenvalue weighted by atomic mass is 16.5. The molecular weight excluding hydrogens is 176 g/mol. The third-order valence-electron chi connectivity index (χ3n) is 2.74. The summed E-state index contributed by atoms with van der Waals surface area (Å²) < 4.78 is 5.31. The molecular formula is C12H22O2. The van der Waals surface area contributed by atoms with Gasteiger partial charge in [0.25, 0.3) is 0 Å². The Morgan fingerprint density at radius 3 is 2.64 bits per heavy atom. The minimum absolute atomic E-state index is 0.186. The highest BCUT2D eigenvalue weighted by molar-refractivity contribution is 5.81. The van der Waals surface area contributed by atoms with Gasteiger partial charge in [0.05, 0.1) is 6.61 Å². The van der Waals surface area contributed by atoms with Crippen molar-refractivity contribution in [2.24, 2.45) is 11.3 Å². The lowest BCUT2D eigenvalue weighted by molar-refractivity contribution is -0.127. The predicted molar refractivity (Wildman–Crippen MR) is 57.2 cm³/mol. The monoisotopic (exact) mass is 198 g/mol. The van der Waals surface area contributed by atoms with Crippen LogP contribution in [-0.2, 0) is 9.53 Å².